The molecule has 0 fully saturated rings. The molecule has 0 saturated carbocycles. The zero-order valence-corrected chi connectivity index (χ0v) is 16.4. The molecule has 0 amide bonds. The number of pyridine rings is 2. The summed E-state index contributed by atoms with van der Waals surface area (Å²) >= 11 is 0. The number of aryl methyl sites for hydroxylation is 2. The van der Waals surface area contributed by atoms with Crippen LogP contribution in [-0.2, 0) is 12.0 Å². The van der Waals surface area contributed by atoms with Crippen molar-refractivity contribution in [1.29, 1.82) is 0 Å². The maximum atomic E-state index is 11.0. The van der Waals surface area contributed by atoms with Gasteiger partial charge in [0.1, 0.15) is 11.3 Å². The Hall–Kier alpha value is -3.82. The highest BCUT2D eigenvalue weighted by molar-refractivity contribution is 5.88. The Labute approximate surface area is 173 Å². The van der Waals surface area contributed by atoms with Crippen molar-refractivity contribution in [1.82, 2.24) is 19.9 Å². The number of nitrogens with two attached hydrogens (primary N) is 1. The number of anilines is 1. The largest absolute Gasteiger partial charge is 0.382 e. The fourth-order valence-corrected chi connectivity index (χ4v) is 3.82. The van der Waals surface area contributed by atoms with Gasteiger partial charge in [0.05, 0.1) is 5.69 Å². The number of aliphatic hydroxyl groups is 1. The first kappa shape index (κ1) is 18.2. The topological polar surface area (TPSA) is 97.8 Å². The summed E-state index contributed by atoms with van der Waals surface area (Å²) in [6, 6.07) is 13.4. The molecule has 0 bridgehead atoms. The number of hydrogen-bond donors (Lipinski definition) is 2. The molecule has 1 atom stereocenters. The number of benzene rings is 1. The average molecular weight is 393 g/mol. The molecule has 6 nitrogen and oxygen atoms in total. The third-order valence-corrected chi connectivity index (χ3v) is 5.29. The van der Waals surface area contributed by atoms with Crippen LogP contribution >= 0.6 is 0 Å². The van der Waals surface area contributed by atoms with E-state index in [1.54, 1.807) is 12.4 Å². The number of aromatic nitrogens is 4. The van der Waals surface area contributed by atoms with Crippen LogP contribution in [0.5, 0.6) is 0 Å². The zero-order valence-electron chi connectivity index (χ0n) is 16.4. The van der Waals surface area contributed by atoms with E-state index in [2.05, 4.69) is 31.8 Å². The molecule has 0 saturated heterocycles. The normalized spacial score (nSPS) is 17.4. The van der Waals surface area contributed by atoms with E-state index in [-0.39, 0.29) is 0 Å². The second-order valence-corrected chi connectivity index (χ2v) is 7.48. The van der Waals surface area contributed by atoms with Gasteiger partial charge in [-0.1, -0.05) is 30.0 Å². The van der Waals surface area contributed by atoms with E-state index in [0.29, 0.717) is 29.3 Å². The molecule has 146 valence electrons. The SMILES string of the molecule is Cc1cc2cnc(-c3cccc(C#C[C@@]4(O)CCc5cccnc54)c3)nc2c(N)n1. The second kappa shape index (κ2) is 6.90. The van der Waals surface area contributed by atoms with Crippen molar-refractivity contribution in [3.63, 3.8) is 0 Å². The van der Waals surface area contributed by atoms with Gasteiger partial charge in [0.2, 0.25) is 0 Å². The summed E-state index contributed by atoms with van der Waals surface area (Å²) in [5, 5.41) is 11.8. The molecule has 6 heteroatoms. The lowest BCUT2D eigenvalue weighted by Gasteiger charge is -2.15. The van der Waals surface area contributed by atoms with E-state index in [9.17, 15) is 5.11 Å². The lowest BCUT2D eigenvalue weighted by atomic mass is 10.0. The molecule has 5 rings (SSSR count). The first-order chi connectivity index (χ1) is 14.5. The van der Waals surface area contributed by atoms with Crippen molar-refractivity contribution in [2.24, 2.45) is 0 Å². The molecule has 3 N–H and O–H groups in total. The number of rotatable bonds is 1. The minimum absolute atomic E-state index is 0.388. The van der Waals surface area contributed by atoms with Crippen molar-refractivity contribution in [3.8, 4) is 23.2 Å². The zero-order chi connectivity index (χ0) is 20.7. The lowest BCUT2D eigenvalue weighted by Crippen LogP contribution is -2.20. The summed E-state index contributed by atoms with van der Waals surface area (Å²) in [6.45, 7) is 1.89. The molecule has 30 heavy (non-hydrogen) atoms. The van der Waals surface area contributed by atoms with Crippen molar-refractivity contribution < 1.29 is 5.11 Å². The second-order valence-electron chi connectivity index (χ2n) is 7.48. The summed E-state index contributed by atoms with van der Waals surface area (Å²) in [4.78, 5) is 17.7. The molecular formula is C24H19N5O. The summed E-state index contributed by atoms with van der Waals surface area (Å²) in [5.74, 6) is 7.07. The fraction of sp³-hybridized carbons (Fsp3) is 0.167. The van der Waals surface area contributed by atoms with Crippen molar-refractivity contribution in [2.45, 2.75) is 25.4 Å². The standard InChI is InChI=1S/C24H19N5O/c1-15-12-19-14-27-23(29-20(19)22(25)28-15)18-5-2-4-16(13-18)7-9-24(30)10-8-17-6-3-11-26-21(17)24/h2-6,11-14,30H,8,10H2,1H3,(H2,25,28)/t24-/m1/s1. The molecule has 0 spiro atoms. The smallest absolute Gasteiger partial charge is 0.168 e. The van der Waals surface area contributed by atoms with Crippen molar-refractivity contribution >= 4 is 16.7 Å². The summed E-state index contributed by atoms with van der Waals surface area (Å²) in [5.41, 5.74) is 9.58. The molecular weight excluding hydrogens is 374 g/mol. The number of hydrogen-bond acceptors (Lipinski definition) is 6. The molecule has 3 aromatic heterocycles. The fourth-order valence-electron chi connectivity index (χ4n) is 3.82. The van der Waals surface area contributed by atoms with Crippen LogP contribution in [0.3, 0.4) is 0 Å². The van der Waals surface area contributed by atoms with Crippen LogP contribution in [-0.4, -0.2) is 25.0 Å². The quantitative estimate of drug-likeness (QED) is 0.482. The van der Waals surface area contributed by atoms with Crippen LogP contribution in [0.2, 0.25) is 0 Å². The van der Waals surface area contributed by atoms with Gasteiger partial charge in [0.15, 0.2) is 11.4 Å². The Morgan fingerprint density at radius 1 is 1.10 bits per heavy atom. The predicted molar refractivity (Wildman–Crippen MR) is 115 cm³/mol. The van der Waals surface area contributed by atoms with E-state index >= 15 is 0 Å². The maximum Gasteiger partial charge on any atom is 0.168 e. The van der Waals surface area contributed by atoms with E-state index in [0.717, 1.165) is 34.2 Å². The molecule has 0 radical (unpaired) electrons. The van der Waals surface area contributed by atoms with E-state index in [1.165, 1.54) is 0 Å². The van der Waals surface area contributed by atoms with Gasteiger partial charge < -0.3 is 10.8 Å². The Kier molecular flexibility index (Phi) is 4.19. The Morgan fingerprint density at radius 3 is 2.90 bits per heavy atom. The van der Waals surface area contributed by atoms with Crippen molar-refractivity contribution in [3.05, 3.63) is 77.4 Å². The van der Waals surface area contributed by atoms with Crippen LogP contribution in [0.4, 0.5) is 5.82 Å². The number of nitrogens with zero attached hydrogens (tertiary/aromatic N) is 4. The van der Waals surface area contributed by atoms with Crippen LogP contribution in [0.25, 0.3) is 22.3 Å². The van der Waals surface area contributed by atoms with E-state index < -0.39 is 5.60 Å². The summed E-state index contributed by atoms with van der Waals surface area (Å²) < 4.78 is 0. The average Bonchev–Trinajstić information content (AvgIpc) is 3.10. The maximum absolute atomic E-state index is 11.0. The van der Waals surface area contributed by atoms with Gasteiger partial charge in [-0.15, -0.1) is 0 Å². The molecule has 0 unspecified atom stereocenters. The molecule has 4 aromatic rings. The van der Waals surface area contributed by atoms with Gasteiger partial charge >= 0.3 is 0 Å². The van der Waals surface area contributed by atoms with Crippen LogP contribution in [0.15, 0.2) is 54.9 Å². The Balaban J connectivity index is 1.51. The summed E-state index contributed by atoms with van der Waals surface area (Å²) in [7, 11) is 0. The monoisotopic (exact) mass is 393 g/mol. The molecule has 1 aliphatic carbocycles. The third kappa shape index (κ3) is 3.15. The molecule has 0 aliphatic heterocycles. The highest BCUT2D eigenvalue weighted by Gasteiger charge is 2.36. The molecule has 1 aromatic carbocycles. The highest BCUT2D eigenvalue weighted by atomic mass is 16.3. The van der Waals surface area contributed by atoms with Crippen LogP contribution in [0, 0.1) is 18.8 Å². The third-order valence-electron chi connectivity index (χ3n) is 5.29. The van der Waals surface area contributed by atoms with Gasteiger partial charge in [-0.25, -0.2) is 15.0 Å². The van der Waals surface area contributed by atoms with Gasteiger partial charge in [0.25, 0.3) is 0 Å². The van der Waals surface area contributed by atoms with Gasteiger partial charge in [-0.2, -0.15) is 0 Å². The minimum atomic E-state index is -1.22. The predicted octanol–water partition coefficient (Wildman–Crippen LogP) is 3.16. The molecule has 3 heterocycles. The minimum Gasteiger partial charge on any atom is -0.382 e. The van der Waals surface area contributed by atoms with E-state index in [4.69, 9.17) is 5.73 Å². The van der Waals surface area contributed by atoms with Gasteiger partial charge in [-0.05, 0) is 49.6 Å². The highest BCUT2D eigenvalue weighted by Crippen LogP contribution is 2.34. The van der Waals surface area contributed by atoms with Crippen molar-refractivity contribution in [2.75, 3.05) is 5.73 Å². The van der Waals surface area contributed by atoms with E-state index in [1.807, 2.05) is 49.4 Å². The first-order valence-corrected chi connectivity index (χ1v) is 9.72. The van der Waals surface area contributed by atoms with Gasteiger partial charge in [0, 0.05) is 34.6 Å². The van der Waals surface area contributed by atoms with Crippen LogP contribution < -0.4 is 5.73 Å². The molecule has 1 aliphatic rings. The first-order valence-electron chi connectivity index (χ1n) is 9.72. The van der Waals surface area contributed by atoms with Gasteiger partial charge in [-0.3, -0.25) is 4.98 Å². The Morgan fingerprint density at radius 2 is 2.00 bits per heavy atom. The number of fused-ring (bicyclic) bond motifs is 2. The Bertz CT molecular complexity index is 1350. The number of nitrogen functional groups attached to an aromatic ring is 1. The summed E-state index contributed by atoms with van der Waals surface area (Å²) in [6.07, 6.45) is 4.77. The van der Waals surface area contributed by atoms with Crippen LogP contribution in [0.1, 0.15) is 28.9 Å². The lowest BCUT2D eigenvalue weighted by molar-refractivity contribution is 0.0982.